The van der Waals surface area contributed by atoms with E-state index in [-0.39, 0.29) is 23.3 Å². The first-order chi connectivity index (χ1) is 12.0. The summed E-state index contributed by atoms with van der Waals surface area (Å²) in [5.74, 6) is 0.277. The summed E-state index contributed by atoms with van der Waals surface area (Å²) in [7, 11) is 1.56. The Hall–Kier alpha value is -3.10. The van der Waals surface area contributed by atoms with Crippen LogP contribution in [0.25, 0.3) is 0 Å². The average Bonchev–Trinajstić information content (AvgIpc) is 3.06. The zero-order chi connectivity index (χ0) is 18.0. The second-order valence-electron chi connectivity index (χ2n) is 6.01. The van der Waals surface area contributed by atoms with Gasteiger partial charge in [-0.1, -0.05) is 6.07 Å². The maximum atomic E-state index is 12.3. The van der Waals surface area contributed by atoms with Crippen molar-refractivity contribution in [2.75, 3.05) is 12.8 Å². The summed E-state index contributed by atoms with van der Waals surface area (Å²) < 4.78 is 5.05. The lowest BCUT2D eigenvalue weighted by Crippen LogP contribution is -2.37. The van der Waals surface area contributed by atoms with E-state index in [4.69, 9.17) is 10.5 Å². The summed E-state index contributed by atoms with van der Waals surface area (Å²) in [4.78, 5) is 43.6. The summed E-state index contributed by atoms with van der Waals surface area (Å²) in [5, 5.41) is 2.83. The Morgan fingerprint density at radius 2 is 2.12 bits per heavy atom. The number of amides is 1. The zero-order valence-electron chi connectivity index (χ0n) is 13.7. The summed E-state index contributed by atoms with van der Waals surface area (Å²) in [6, 6.07) is 3.71. The summed E-state index contributed by atoms with van der Waals surface area (Å²) >= 11 is 0. The smallest absolute Gasteiger partial charge is 0.326 e. The van der Waals surface area contributed by atoms with Crippen molar-refractivity contribution >= 4 is 11.6 Å². The van der Waals surface area contributed by atoms with Gasteiger partial charge in [-0.25, -0.2) is 9.78 Å². The van der Waals surface area contributed by atoms with Gasteiger partial charge < -0.3 is 20.8 Å². The highest BCUT2D eigenvalue weighted by molar-refractivity contribution is 5.96. The molecular weight excluding hydrogens is 326 g/mol. The third-order valence-electron chi connectivity index (χ3n) is 4.41. The van der Waals surface area contributed by atoms with Gasteiger partial charge in [0.15, 0.2) is 0 Å². The Morgan fingerprint density at radius 1 is 1.32 bits per heavy atom. The summed E-state index contributed by atoms with van der Waals surface area (Å²) in [6.45, 7) is 0. The molecule has 0 saturated heterocycles. The topological polar surface area (TPSA) is 143 Å². The molecule has 132 valence electrons. The van der Waals surface area contributed by atoms with Gasteiger partial charge in [-0.2, -0.15) is 0 Å². The minimum absolute atomic E-state index is 0.0678. The number of aromatic nitrogens is 3. The van der Waals surface area contributed by atoms with Gasteiger partial charge in [0.05, 0.1) is 7.11 Å². The van der Waals surface area contributed by atoms with Crippen molar-refractivity contribution in [1.29, 1.82) is 0 Å². The molecule has 1 fully saturated rings. The van der Waals surface area contributed by atoms with E-state index in [1.807, 2.05) is 17.1 Å². The van der Waals surface area contributed by atoms with Gasteiger partial charge in [0.2, 0.25) is 5.88 Å². The predicted molar refractivity (Wildman–Crippen MR) is 90.7 cm³/mol. The molecule has 3 rings (SSSR count). The Bertz CT molecular complexity index is 887. The van der Waals surface area contributed by atoms with E-state index in [2.05, 4.69) is 15.3 Å². The van der Waals surface area contributed by atoms with Gasteiger partial charge in [-0.15, -0.1) is 0 Å². The highest BCUT2D eigenvalue weighted by Gasteiger charge is 2.28. The van der Waals surface area contributed by atoms with E-state index in [0.717, 1.165) is 24.8 Å². The van der Waals surface area contributed by atoms with Crippen molar-refractivity contribution in [2.24, 2.45) is 0 Å². The van der Waals surface area contributed by atoms with Gasteiger partial charge in [-0.3, -0.25) is 14.6 Å². The van der Waals surface area contributed by atoms with Crippen LogP contribution in [0.15, 0.2) is 27.9 Å². The van der Waals surface area contributed by atoms with Crippen LogP contribution in [0.3, 0.4) is 0 Å². The maximum Gasteiger partial charge on any atom is 0.326 e. The number of nitrogen functional groups attached to an aromatic ring is 1. The van der Waals surface area contributed by atoms with Gasteiger partial charge in [0.1, 0.15) is 11.4 Å². The highest BCUT2D eigenvalue weighted by Crippen LogP contribution is 2.34. The highest BCUT2D eigenvalue weighted by atomic mass is 16.5. The molecule has 2 aromatic rings. The minimum Gasteiger partial charge on any atom is -0.481 e. The number of hydrogen-bond donors (Lipinski definition) is 4. The third kappa shape index (κ3) is 3.54. The van der Waals surface area contributed by atoms with Crippen molar-refractivity contribution in [3.63, 3.8) is 0 Å². The molecular formula is C16H19N5O4. The number of pyridine rings is 1. The van der Waals surface area contributed by atoms with Crippen LogP contribution in [0.2, 0.25) is 0 Å². The number of carbonyl (C=O) groups excluding carboxylic acids is 1. The molecule has 9 heteroatoms. The van der Waals surface area contributed by atoms with E-state index in [9.17, 15) is 14.4 Å². The van der Waals surface area contributed by atoms with Crippen molar-refractivity contribution in [3.8, 4) is 5.88 Å². The lowest BCUT2D eigenvalue weighted by atomic mass is 9.99. The Labute approximate surface area is 142 Å². The van der Waals surface area contributed by atoms with Crippen LogP contribution in [-0.4, -0.2) is 34.0 Å². The molecule has 2 heterocycles. The van der Waals surface area contributed by atoms with Crippen LogP contribution in [-0.2, 0) is 0 Å². The maximum absolute atomic E-state index is 12.3. The molecule has 1 saturated carbocycles. The minimum atomic E-state index is -0.775. The number of ether oxygens (including phenoxy) is 1. The zero-order valence-corrected chi connectivity index (χ0v) is 13.7. The number of H-pyrrole nitrogens is 2. The largest absolute Gasteiger partial charge is 0.481 e. The molecule has 5 N–H and O–H groups in total. The van der Waals surface area contributed by atoms with Gasteiger partial charge in [-0.05, 0) is 30.7 Å². The number of nitrogens with one attached hydrogen (secondary N) is 3. The van der Waals surface area contributed by atoms with E-state index in [1.165, 1.54) is 0 Å². The molecule has 0 aromatic carbocycles. The quantitative estimate of drug-likeness (QED) is 0.619. The molecule has 25 heavy (non-hydrogen) atoms. The second kappa shape index (κ2) is 6.80. The molecule has 0 aliphatic heterocycles. The van der Waals surface area contributed by atoms with E-state index in [1.54, 1.807) is 13.3 Å². The van der Waals surface area contributed by atoms with E-state index >= 15 is 0 Å². The molecule has 0 radical (unpaired) electrons. The molecule has 0 bridgehead atoms. The average molecular weight is 345 g/mol. The Morgan fingerprint density at radius 3 is 2.80 bits per heavy atom. The van der Waals surface area contributed by atoms with Crippen LogP contribution in [0.5, 0.6) is 5.88 Å². The number of nitrogens with two attached hydrogens (primary N) is 1. The fraction of sp³-hybridized carbons (Fsp3) is 0.375. The predicted octanol–water partition coefficient (Wildman–Crippen LogP) is 0.115. The SMILES string of the molecule is COc1ccc([C@@H]2CC[C@@H](NC(=O)c3[nH]c(=O)[nH]c(=O)c3N)C2)cn1. The monoisotopic (exact) mass is 345 g/mol. The third-order valence-corrected chi connectivity index (χ3v) is 4.41. The van der Waals surface area contributed by atoms with Crippen LogP contribution < -0.4 is 27.0 Å². The first kappa shape index (κ1) is 16.7. The van der Waals surface area contributed by atoms with Crippen molar-refractivity contribution < 1.29 is 9.53 Å². The molecule has 2 aromatic heterocycles. The van der Waals surface area contributed by atoms with Crippen molar-refractivity contribution in [1.82, 2.24) is 20.3 Å². The lowest BCUT2D eigenvalue weighted by molar-refractivity contribution is 0.0933. The number of nitrogens with zero attached hydrogens (tertiary/aromatic N) is 1. The van der Waals surface area contributed by atoms with Crippen LogP contribution in [0.1, 0.15) is 41.2 Å². The summed E-state index contributed by atoms with van der Waals surface area (Å²) in [6.07, 6.45) is 4.21. The van der Waals surface area contributed by atoms with Crippen molar-refractivity contribution in [2.45, 2.75) is 31.2 Å². The Kier molecular flexibility index (Phi) is 4.55. The van der Waals surface area contributed by atoms with Crippen molar-refractivity contribution in [3.05, 3.63) is 50.4 Å². The standard InChI is InChI=1S/C16H19N5O4/c1-25-11-5-3-9(7-18-11)8-2-4-10(6-8)19-15(23)13-12(17)14(22)21-16(24)20-13/h3,5,7-8,10H,2,4,6,17H2,1H3,(H,19,23)(H2,20,21,22,24)/t8-,10-/m1/s1. The molecule has 0 unspecified atom stereocenters. The number of carbonyl (C=O) groups is 1. The van der Waals surface area contributed by atoms with Crippen LogP contribution in [0.4, 0.5) is 5.69 Å². The number of hydrogen-bond acceptors (Lipinski definition) is 6. The Balaban J connectivity index is 1.67. The van der Waals surface area contributed by atoms with Crippen LogP contribution in [0, 0.1) is 0 Å². The number of anilines is 1. The number of methoxy groups -OCH3 is 1. The number of rotatable bonds is 4. The first-order valence-corrected chi connectivity index (χ1v) is 7.90. The van der Waals surface area contributed by atoms with Gasteiger partial charge >= 0.3 is 5.69 Å². The normalized spacial score (nSPS) is 19.6. The van der Waals surface area contributed by atoms with Crippen LogP contribution >= 0.6 is 0 Å². The summed E-state index contributed by atoms with van der Waals surface area (Å²) in [5.41, 5.74) is 4.62. The first-order valence-electron chi connectivity index (χ1n) is 7.90. The second-order valence-corrected chi connectivity index (χ2v) is 6.01. The van der Waals surface area contributed by atoms with Gasteiger partial charge in [0.25, 0.3) is 11.5 Å². The fourth-order valence-electron chi connectivity index (χ4n) is 3.10. The van der Waals surface area contributed by atoms with E-state index in [0.29, 0.717) is 5.88 Å². The van der Waals surface area contributed by atoms with Gasteiger partial charge in [0, 0.05) is 18.3 Å². The molecule has 0 spiro atoms. The molecule has 2 atom stereocenters. The lowest BCUT2D eigenvalue weighted by Gasteiger charge is -2.14. The fourth-order valence-corrected chi connectivity index (χ4v) is 3.10. The molecule has 1 amide bonds. The number of aromatic amines is 2. The molecule has 1 aliphatic carbocycles. The molecule has 9 nitrogen and oxygen atoms in total. The molecule has 1 aliphatic rings. The van der Waals surface area contributed by atoms with E-state index < -0.39 is 17.2 Å².